The molecule has 132 valence electrons. The highest BCUT2D eigenvalue weighted by atomic mass is 35.5. The van der Waals surface area contributed by atoms with Gasteiger partial charge in [-0.15, -0.1) is 0 Å². The van der Waals surface area contributed by atoms with Crippen molar-refractivity contribution in [3.63, 3.8) is 0 Å². The van der Waals surface area contributed by atoms with Gasteiger partial charge < -0.3 is 10.6 Å². The third-order valence-corrected chi connectivity index (χ3v) is 3.71. The third kappa shape index (κ3) is 6.57. The Bertz CT molecular complexity index is 740. The molecule has 0 radical (unpaired) electrons. The SMILES string of the molecule is Cc1cc(C)cc(NC(=O)CN(C)CC(=O)Nc2ccc(Cl)cc2)c1. The first kappa shape index (κ1) is 19.0. The number of hydrogen-bond donors (Lipinski definition) is 2. The fourth-order valence-corrected chi connectivity index (χ4v) is 2.65. The minimum absolute atomic E-state index is 0.114. The van der Waals surface area contributed by atoms with Crippen molar-refractivity contribution in [1.29, 1.82) is 0 Å². The molecule has 25 heavy (non-hydrogen) atoms. The molecule has 2 rings (SSSR count). The lowest BCUT2D eigenvalue weighted by atomic mass is 10.1. The van der Waals surface area contributed by atoms with Gasteiger partial charge in [-0.3, -0.25) is 14.5 Å². The molecule has 0 aliphatic heterocycles. The molecule has 2 aromatic rings. The zero-order valence-corrected chi connectivity index (χ0v) is 15.4. The van der Waals surface area contributed by atoms with E-state index in [1.54, 1.807) is 36.2 Å². The molecule has 0 heterocycles. The van der Waals surface area contributed by atoms with Crippen LogP contribution in [0.2, 0.25) is 5.02 Å². The average Bonchev–Trinajstić information content (AvgIpc) is 2.47. The highest BCUT2D eigenvalue weighted by Gasteiger charge is 2.11. The maximum absolute atomic E-state index is 12.1. The maximum atomic E-state index is 12.1. The summed E-state index contributed by atoms with van der Waals surface area (Å²) < 4.78 is 0. The molecule has 0 aromatic heterocycles. The lowest BCUT2D eigenvalue weighted by Crippen LogP contribution is -2.36. The van der Waals surface area contributed by atoms with Crippen LogP contribution in [0.5, 0.6) is 0 Å². The Morgan fingerprint density at radius 3 is 1.88 bits per heavy atom. The van der Waals surface area contributed by atoms with Crippen molar-refractivity contribution in [2.24, 2.45) is 0 Å². The molecule has 0 aliphatic rings. The number of aryl methyl sites for hydroxylation is 2. The van der Waals surface area contributed by atoms with Crippen LogP contribution in [0.15, 0.2) is 42.5 Å². The molecule has 0 saturated carbocycles. The van der Waals surface area contributed by atoms with Gasteiger partial charge in [0.1, 0.15) is 0 Å². The van der Waals surface area contributed by atoms with Gasteiger partial charge in [-0.05, 0) is 68.4 Å². The lowest BCUT2D eigenvalue weighted by molar-refractivity contribution is -0.119. The van der Waals surface area contributed by atoms with Crippen LogP contribution in [0.25, 0.3) is 0 Å². The largest absolute Gasteiger partial charge is 0.325 e. The molecule has 0 saturated heterocycles. The van der Waals surface area contributed by atoms with E-state index in [9.17, 15) is 9.59 Å². The highest BCUT2D eigenvalue weighted by molar-refractivity contribution is 6.30. The number of nitrogens with zero attached hydrogens (tertiary/aromatic N) is 1. The van der Waals surface area contributed by atoms with E-state index in [1.807, 2.05) is 32.0 Å². The van der Waals surface area contributed by atoms with E-state index in [1.165, 1.54) is 0 Å². The van der Waals surface area contributed by atoms with Gasteiger partial charge in [0.05, 0.1) is 13.1 Å². The van der Waals surface area contributed by atoms with Gasteiger partial charge in [-0.1, -0.05) is 17.7 Å². The van der Waals surface area contributed by atoms with Crippen LogP contribution < -0.4 is 10.6 Å². The van der Waals surface area contributed by atoms with Gasteiger partial charge in [0.25, 0.3) is 0 Å². The zero-order valence-electron chi connectivity index (χ0n) is 14.6. The minimum Gasteiger partial charge on any atom is -0.325 e. The smallest absolute Gasteiger partial charge is 0.238 e. The molecule has 2 amide bonds. The number of carbonyl (C=O) groups excluding carboxylic acids is 2. The van der Waals surface area contributed by atoms with Gasteiger partial charge in [0.2, 0.25) is 11.8 Å². The number of likely N-dealkylation sites (N-methyl/N-ethyl adjacent to an activating group) is 1. The van der Waals surface area contributed by atoms with Crippen LogP contribution in [0.1, 0.15) is 11.1 Å². The first-order valence-electron chi connectivity index (χ1n) is 7.94. The summed E-state index contributed by atoms with van der Waals surface area (Å²) in [4.78, 5) is 25.8. The summed E-state index contributed by atoms with van der Waals surface area (Å²) in [5.41, 5.74) is 3.61. The topological polar surface area (TPSA) is 61.4 Å². The Morgan fingerprint density at radius 2 is 1.36 bits per heavy atom. The van der Waals surface area contributed by atoms with Crippen molar-refractivity contribution in [2.75, 3.05) is 30.8 Å². The Morgan fingerprint density at radius 1 is 0.880 bits per heavy atom. The van der Waals surface area contributed by atoms with Gasteiger partial charge in [-0.25, -0.2) is 0 Å². The Hall–Kier alpha value is -2.37. The number of carbonyl (C=O) groups is 2. The standard InChI is InChI=1S/C19H22ClN3O2/c1-13-8-14(2)10-17(9-13)22-19(25)12-23(3)11-18(24)21-16-6-4-15(20)5-7-16/h4-10H,11-12H2,1-3H3,(H,21,24)(H,22,25). The predicted octanol–water partition coefficient (Wildman–Crippen LogP) is 3.47. The van der Waals surface area contributed by atoms with Crippen LogP contribution in [-0.4, -0.2) is 36.9 Å². The summed E-state index contributed by atoms with van der Waals surface area (Å²) in [5.74, 6) is -0.351. The van der Waals surface area contributed by atoms with Gasteiger partial charge >= 0.3 is 0 Å². The molecular weight excluding hydrogens is 338 g/mol. The average molecular weight is 360 g/mol. The summed E-state index contributed by atoms with van der Waals surface area (Å²) in [7, 11) is 1.72. The van der Waals surface area contributed by atoms with Crippen LogP contribution >= 0.6 is 11.6 Å². The normalized spacial score (nSPS) is 10.6. The summed E-state index contributed by atoms with van der Waals surface area (Å²) in [6.45, 7) is 4.20. The van der Waals surface area contributed by atoms with Crippen molar-refractivity contribution in [3.8, 4) is 0 Å². The van der Waals surface area contributed by atoms with Crippen molar-refractivity contribution in [3.05, 3.63) is 58.6 Å². The maximum Gasteiger partial charge on any atom is 0.238 e. The molecule has 0 fully saturated rings. The van der Waals surface area contributed by atoms with E-state index in [-0.39, 0.29) is 24.9 Å². The van der Waals surface area contributed by atoms with Crippen LogP contribution in [-0.2, 0) is 9.59 Å². The minimum atomic E-state index is -0.191. The number of rotatable bonds is 6. The molecule has 0 bridgehead atoms. The molecule has 6 heteroatoms. The van der Waals surface area contributed by atoms with Crippen LogP contribution in [0.4, 0.5) is 11.4 Å². The number of amides is 2. The van der Waals surface area contributed by atoms with Crippen molar-refractivity contribution < 1.29 is 9.59 Å². The summed E-state index contributed by atoms with van der Waals surface area (Å²) in [6, 6.07) is 12.7. The number of benzene rings is 2. The van der Waals surface area contributed by atoms with E-state index in [0.29, 0.717) is 10.7 Å². The highest BCUT2D eigenvalue weighted by Crippen LogP contribution is 2.14. The van der Waals surface area contributed by atoms with Gasteiger partial charge in [0, 0.05) is 16.4 Å². The second-order valence-electron chi connectivity index (χ2n) is 6.15. The van der Waals surface area contributed by atoms with Crippen molar-refractivity contribution in [2.45, 2.75) is 13.8 Å². The van der Waals surface area contributed by atoms with E-state index in [2.05, 4.69) is 10.6 Å². The summed E-state index contributed by atoms with van der Waals surface area (Å²) in [5, 5.41) is 6.23. The fourth-order valence-electron chi connectivity index (χ4n) is 2.53. The van der Waals surface area contributed by atoms with Crippen LogP contribution in [0, 0.1) is 13.8 Å². The number of anilines is 2. The lowest BCUT2D eigenvalue weighted by Gasteiger charge is -2.16. The Balaban J connectivity index is 1.82. The quantitative estimate of drug-likeness (QED) is 0.830. The zero-order chi connectivity index (χ0) is 18.4. The molecule has 5 nitrogen and oxygen atoms in total. The van der Waals surface area contributed by atoms with E-state index in [4.69, 9.17) is 11.6 Å². The first-order valence-corrected chi connectivity index (χ1v) is 8.32. The van der Waals surface area contributed by atoms with Gasteiger partial charge in [-0.2, -0.15) is 0 Å². The molecule has 0 aliphatic carbocycles. The first-order chi connectivity index (χ1) is 11.8. The van der Waals surface area contributed by atoms with Crippen LogP contribution in [0.3, 0.4) is 0 Å². The van der Waals surface area contributed by atoms with Crippen molar-refractivity contribution in [1.82, 2.24) is 4.90 Å². The molecular formula is C19H22ClN3O2. The number of halogens is 1. The monoisotopic (exact) mass is 359 g/mol. The molecule has 0 spiro atoms. The second kappa shape index (κ2) is 8.65. The molecule has 0 unspecified atom stereocenters. The Kier molecular flexibility index (Phi) is 6.56. The molecule has 2 N–H and O–H groups in total. The second-order valence-corrected chi connectivity index (χ2v) is 6.59. The Labute approximate surface area is 153 Å². The number of nitrogens with one attached hydrogen (secondary N) is 2. The van der Waals surface area contributed by atoms with E-state index >= 15 is 0 Å². The third-order valence-electron chi connectivity index (χ3n) is 3.46. The van der Waals surface area contributed by atoms with E-state index < -0.39 is 0 Å². The van der Waals surface area contributed by atoms with E-state index in [0.717, 1.165) is 16.8 Å². The summed E-state index contributed by atoms with van der Waals surface area (Å²) >= 11 is 5.81. The fraction of sp³-hybridized carbons (Fsp3) is 0.263. The van der Waals surface area contributed by atoms with Crippen molar-refractivity contribution >= 4 is 34.8 Å². The van der Waals surface area contributed by atoms with Gasteiger partial charge in [0.15, 0.2) is 0 Å². The number of hydrogen-bond acceptors (Lipinski definition) is 3. The molecule has 2 aromatic carbocycles. The summed E-state index contributed by atoms with van der Waals surface area (Å²) in [6.07, 6.45) is 0. The molecule has 0 atom stereocenters. The predicted molar refractivity (Wildman–Crippen MR) is 102 cm³/mol.